The number of ether oxygens (including phenoxy) is 2. The summed E-state index contributed by atoms with van der Waals surface area (Å²) in [5.74, 6) is 0.655. The van der Waals surface area contributed by atoms with Gasteiger partial charge in [-0.3, -0.25) is 4.79 Å². The molecule has 210 valence electrons. The van der Waals surface area contributed by atoms with E-state index in [-0.39, 0.29) is 12.5 Å². The van der Waals surface area contributed by atoms with E-state index in [0.717, 1.165) is 11.1 Å². The van der Waals surface area contributed by atoms with Gasteiger partial charge in [0.1, 0.15) is 35.6 Å². The second-order valence-electron chi connectivity index (χ2n) is 10.2. The highest BCUT2D eigenvalue weighted by molar-refractivity contribution is 7.99. The van der Waals surface area contributed by atoms with Crippen LogP contribution in [0.4, 0.5) is 0 Å². The number of amides is 1. The fraction of sp³-hybridized carbons (Fsp3) is 0.536. The predicted molar refractivity (Wildman–Crippen MR) is 149 cm³/mol. The zero-order valence-electron chi connectivity index (χ0n) is 22.2. The van der Waals surface area contributed by atoms with Gasteiger partial charge in [0.25, 0.3) is 0 Å². The zero-order valence-corrected chi connectivity index (χ0v) is 23.8. The lowest BCUT2D eigenvalue weighted by Gasteiger charge is -2.40. The number of aliphatic hydroxyl groups is 4. The fourth-order valence-corrected chi connectivity index (χ4v) is 5.03. The van der Waals surface area contributed by atoms with Gasteiger partial charge in [-0.15, -0.1) is 11.8 Å². The van der Waals surface area contributed by atoms with Crippen molar-refractivity contribution in [1.82, 2.24) is 4.90 Å². The molecule has 0 radical (unpaired) electrons. The maximum absolute atomic E-state index is 12.3. The van der Waals surface area contributed by atoms with Crippen LogP contribution in [0, 0.1) is 0 Å². The first-order valence-corrected chi connectivity index (χ1v) is 14.2. The molecule has 0 saturated carbocycles. The lowest BCUT2D eigenvalue weighted by molar-refractivity contribution is -0.200. The minimum Gasteiger partial charge on any atom is -0.494 e. The lowest BCUT2D eigenvalue weighted by Crippen LogP contribution is -2.52. The summed E-state index contributed by atoms with van der Waals surface area (Å²) in [7, 11) is 1.69. The summed E-state index contributed by atoms with van der Waals surface area (Å²) >= 11 is 7.74. The van der Waals surface area contributed by atoms with Crippen LogP contribution in [0.1, 0.15) is 49.5 Å². The highest BCUT2D eigenvalue weighted by Gasteiger charge is 2.44. The SMILES string of the molecule is CS[C@H]1O[C@@H](c2ccc(Cl)c(Cc3ccc(OCCCC(=O)N(C)C(C)(C)CO)cc3)c2)[C@H](O)[C@@H](O)[C@@H]1O. The Kier molecular flexibility index (Phi) is 10.9. The molecule has 2 aromatic carbocycles. The molecule has 2 aromatic rings. The molecule has 3 rings (SSSR count). The second-order valence-corrected chi connectivity index (χ2v) is 11.5. The number of rotatable bonds is 11. The van der Waals surface area contributed by atoms with Crippen molar-refractivity contribution in [1.29, 1.82) is 0 Å². The molecular weight excluding hydrogens is 530 g/mol. The average molecular weight is 568 g/mol. The van der Waals surface area contributed by atoms with Crippen LogP contribution in [0.25, 0.3) is 0 Å². The van der Waals surface area contributed by atoms with E-state index in [1.807, 2.05) is 44.2 Å². The molecule has 1 aliphatic heterocycles. The number of likely N-dealkylation sites (N-methyl/N-ethyl adjacent to an activating group) is 1. The molecule has 8 nitrogen and oxygen atoms in total. The zero-order chi connectivity index (χ0) is 28.0. The van der Waals surface area contributed by atoms with E-state index in [9.17, 15) is 25.2 Å². The maximum Gasteiger partial charge on any atom is 0.222 e. The molecule has 1 amide bonds. The molecule has 0 unspecified atom stereocenters. The van der Waals surface area contributed by atoms with Gasteiger partial charge in [0, 0.05) is 18.5 Å². The molecule has 0 aromatic heterocycles. The number of carbonyl (C=O) groups is 1. The van der Waals surface area contributed by atoms with Crippen molar-refractivity contribution < 1.29 is 34.7 Å². The number of nitrogens with zero attached hydrogens (tertiary/aromatic N) is 1. The predicted octanol–water partition coefficient (Wildman–Crippen LogP) is 3.16. The molecule has 0 aliphatic carbocycles. The third kappa shape index (κ3) is 7.41. The van der Waals surface area contributed by atoms with Gasteiger partial charge >= 0.3 is 0 Å². The van der Waals surface area contributed by atoms with Gasteiger partial charge in [-0.2, -0.15) is 0 Å². The largest absolute Gasteiger partial charge is 0.494 e. The molecule has 1 aliphatic rings. The van der Waals surface area contributed by atoms with Gasteiger partial charge in [0.2, 0.25) is 5.91 Å². The molecule has 1 saturated heterocycles. The topological polar surface area (TPSA) is 120 Å². The molecule has 4 N–H and O–H groups in total. The van der Waals surface area contributed by atoms with Crippen LogP contribution >= 0.6 is 23.4 Å². The van der Waals surface area contributed by atoms with Crippen molar-refractivity contribution in [2.45, 2.75) is 68.5 Å². The highest BCUT2D eigenvalue weighted by Crippen LogP contribution is 2.37. The van der Waals surface area contributed by atoms with Crippen LogP contribution in [-0.2, 0) is 16.0 Å². The van der Waals surface area contributed by atoms with Crippen molar-refractivity contribution in [3.8, 4) is 5.75 Å². The first kappa shape index (κ1) is 30.7. The van der Waals surface area contributed by atoms with Gasteiger partial charge < -0.3 is 34.8 Å². The average Bonchev–Trinajstić information content (AvgIpc) is 2.91. The summed E-state index contributed by atoms with van der Waals surface area (Å²) in [6.07, 6.45) is -1.35. The Morgan fingerprint density at radius 1 is 1.11 bits per heavy atom. The Morgan fingerprint density at radius 2 is 1.79 bits per heavy atom. The van der Waals surface area contributed by atoms with Gasteiger partial charge in [-0.05, 0) is 67.8 Å². The first-order valence-electron chi connectivity index (χ1n) is 12.6. The number of carbonyl (C=O) groups excluding carboxylic acids is 1. The van der Waals surface area contributed by atoms with Crippen molar-refractivity contribution in [3.63, 3.8) is 0 Å². The molecule has 0 bridgehead atoms. The highest BCUT2D eigenvalue weighted by atomic mass is 35.5. The summed E-state index contributed by atoms with van der Waals surface area (Å²) in [6, 6.07) is 13.0. The number of halogens is 1. The summed E-state index contributed by atoms with van der Waals surface area (Å²) < 4.78 is 11.7. The number of hydrogen-bond acceptors (Lipinski definition) is 8. The van der Waals surface area contributed by atoms with E-state index in [2.05, 4.69) is 0 Å². The quantitative estimate of drug-likeness (QED) is 0.306. The normalized spacial score (nSPS) is 23.8. The molecule has 10 heteroatoms. The van der Waals surface area contributed by atoms with Crippen LogP contribution in [0.15, 0.2) is 42.5 Å². The van der Waals surface area contributed by atoms with Crippen LogP contribution in [0.3, 0.4) is 0 Å². The van der Waals surface area contributed by atoms with Crippen molar-refractivity contribution in [3.05, 3.63) is 64.2 Å². The number of hydrogen-bond donors (Lipinski definition) is 4. The number of aliphatic hydroxyl groups excluding tert-OH is 4. The maximum atomic E-state index is 12.3. The Hall–Kier alpha value is -1.85. The standard InChI is InChI=1S/C28H38ClNO7S/c1-28(2,16-31)30(3)22(32)6-5-13-36-20-10-7-17(8-11-20)14-19-15-18(9-12-21(19)29)26-24(34)23(33)25(35)27(37-26)38-4/h7-12,15,23-27,31,33-35H,5-6,13-14,16H2,1-4H3/t23-,24-,25+,26+,27-/m1/s1. The van der Waals surface area contributed by atoms with Crippen LogP contribution < -0.4 is 4.74 Å². The Morgan fingerprint density at radius 3 is 2.42 bits per heavy atom. The minimum absolute atomic E-state index is 0.0390. The first-order chi connectivity index (χ1) is 18.0. The molecule has 1 heterocycles. The van der Waals surface area contributed by atoms with Crippen LogP contribution in [0.2, 0.25) is 5.02 Å². The monoisotopic (exact) mass is 567 g/mol. The van der Waals surface area contributed by atoms with Gasteiger partial charge in [-0.25, -0.2) is 0 Å². The molecule has 1 fully saturated rings. The van der Waals surface area contributed by atoms with Crippen LogP contribution in [-0.4, -0.2) is 87.0 Å². The third-order valence-electron chi connectivity index (χ3n) is 6.99. The van der Waals surface area contributed by atoms with E-state index in [1.165, 1.54) is 11.8 Å². The third-order valence-corrected chi connectivity index (χ3v) is 8.21. The van der Waals surface area contributed by atoms with Gasteiger partial charge in [0.15, 0.2) is 0 Å². The van der Waals surface area contributed by atoms with E-state index in [1.54, 1.807) is 30.3 Å². The van der Waals surface area contributed by atoms with Crippen molar-refractivity contribution >= 4 is 29.3 Å². The number of benzene rings is 2. The Labute approximate surface area is 233 Å². The molecular formula is C28H38ClNO7S. The summed E-state index contributed by atoms with van der Waals surface area (Å²) in [6.45, 7) is 3.93. The van der Waals surface area contributed by atoms with E-state index in [4.69, 9.17) is 21.1 Å². The Balaban J connectivity index is 1.57. The lowest BCUT2D eigenvalue weighted by atomic mass is 9.92. The van der Waals surface area contributed by atoms with E-state index < -0.39 is 35.4 Å². The van der Waals surface area contributed by atoms with Crippen LogP contribution in [0.5, 0.6) is 5.75 Å². The fourth-order valence-electron chi connectivity index (χ4n) is 4.17. The molecule has 5 atom stereocenters. The summed E-state index contributed by atoms with van der Waals surface area (Å²) in [5, 5.41) is 40.9. The summed E-state index contributed by atoms with van der Waals surface area (Å²) in [5.41, 5.74) is 1.26. The van der Waals surface area contributed by atoms with Crippen molar-refractivity contribution in [2.75, 3.05) is 26.5 Å². The number of thioether (sulfide) groups is 1. The minimum atomic E-state index is -1.32. The van der Waals surface area contributed by atoms with E-state index in [0.29, 0.717) is 42.2 Å². The second kappa shape index (κ2) is 13.5. The van der Waals surface area contributed by atoms with Crippen molar-refractivity contribution in [2.24, 2.45) is 0 Å². The Bertz CT molecular complexity index is 1070. The molecule has 38 heavy (non-hydrogen) atoms. The van der Waals surface area contributed by atoms with E-state index >= 15 is 0 Å². The van der Waals surface area contributed by atoms with Gasteiger partial charge in [0.05, 0.1) is 18.8 Å². The smallest absolute Gasteiger partial charge is 0.222 e. The van der Waals surface area contributed by atoms with Gasteiger partial charge in [-0.1, -0.05) is 35.9 Å². The summed E-state index contributed by atoms with van der Waals surface area (Å²) in [4.78, 5) is 13.9. The molecule has 0 spiro atoms.